The molecule has 0 aliphatic heterocycles. The first-order valence-corrected chi connectivity index (χ1v) is 8.25. The smallest absolute Gasteiger partial charge is 0.0861 e. The number of aliphatic hydroxyl groups is 1. The van der Waals surface area contributed by atoms with Crippen LogP contribution in [0.1, 0.15) is 71.1 Å². The molecule has 20 heavy (non-hydrogen) atoms. The van der Waals surface area contributed by atoms with Gasteiger partial charge in [0, 0.05) is 13.5 Å². The van der Waals surface area contributed by atoms with Crippen LogP contribution in [0.2, 0.25) is 0 Å². The van der Waals surface area contributed by atoms with Gasteiger partial charge < -0.3 is 9.84 Å². The van der Waals surface area contributed by atoms with Gasteiger partial charge >= 0.3 is 0 Å². The quantitative estimate of drug-likeness (QED) is 0.851. The monoisotopic (exact) mass is 279 g/mol. The van der Waals surface area contributed by atoms with Crippen LogP contribution in [0.5, 0.6) is 0 Å². The van der Waals surface area contributed by atoms with Crippen molar-refractivity contribution in [2.24, 2.45) is 11.3 Å². The van der Waals surface area contributed by atoms with Crippen molar-refractivity contribution in [2.45, 2.75) is 82.8 Å². The van der Waals surface area contributed by atoms with E-state index in [0.717, 1.165) is 50.9 Å². The molecule has 114 valence electrons. The number of nitriles is 1. The lowest BCUT2D eigenvalue weighted by Crippen LogP contribution is -2.53. The van der Waals surface area contributed by atoms with Gasteiger partial charge in [-0.15, -0.1) is 0 Å². The Bertz CT molecular complexity index is 354. The Labute approximate surface area is 123 Å². The highest BCUT2D eigenvalue weighted by molar-refractivity contribution is 5.14. The summed E-state index contributed by atoms with van der Waals surface area (Å²) in [5.41, 5.74) is -1.37. The van der Waals surface area contributed by atoms with Gasteiger partial charge in [-0.2, -0.15) is 5.26 Å². The first-order valence-electron chi connectivity index (χ1n) is 8.25. The molecule has 3 heteroatoms. The van der Waals surface area contributed by atoms with Crippen molar-refractivity contribution in [2.75, 3.05) is 7.11 Å². The number of methoxy groups -OCH3 is 1. The predicted molar refractivity (Wildman–Crippen MR) is 79.1 cm³/mol. The molecule has 0 aromatic carbocycles. The molecule has 2 aliphatic carbocycles. The molecule has 0 saturated heterocycles. The molecular formula is C17H29NO2. The minimum atomic E-state index is -0.835. The van der Waals surface area contributed by atoms with Crippen LogP contribution in [0, 0.1) is 22.7 Å². The Balaban J connectivity index is 2.09. The Kier molecular flexibility index (Phi) is 5.09. The van der Waals surface area contributed by atoms with Crippen molar-refractivity contribution < 1.29 is 9.84 Å². The zero-order valence-electron chi connectivity index (χ0n) is 13.0. The Morgan fingerprint density at radius 3 is 2.50 bits per heavy atom. The number of ether oxygens (including phenoxy) is 1. The van der Waals surface area contributed by atoms with Gasteiger partial charge in [-0.05, 0) is 50.9 Å². The van der Waals surface area contributed by atoms with Gasteiger partial charge in [0.1, 0.15) is 0 Å². The fraction of sp³-hybridized carbons (Fsp3) is 0.941. The minimum Gasteiger partial charge on any atom is -0.388 e. The first kappa shape index (κ1) is 15.8. The fourth-order valence-corrected chi connectivity index (χ4v) is 4.39. The lowest BCUT2D eigenvalue weighted by Gasteiger charge is -2.49. The molecule has 0 heterocycles. The summed E-state index contributed by atoms with van der Waals surface area (Å²) >= 11 is 0. The van der Waals surface area contributed by atoms with Crippen LogP contribution < -0.4 is 0 Å². The van der Waals surface area contributed by atoms with Gasteiger partial charge in [-0.25, -0.2) is 0 Å². The van der Waals surface area contributed by atoms with Crippen LogP contribution in [0.15, 0.2) is 0 Å². The molecule has 0 aromatic rings. The molecule has 0 aromatic heterocycles. The summed E-state index contributed by atoms with van der Waals surface area (Å²) in [6.45, 7) is 2.23. The Hall–Kier alpha value is -0.590. The van der Waals surface area contributed by atoms with E-state index >= 15 is 0 Å². The van der Waals surface area contributed by atoms with Crippen LogP contribution in [-0.2, 0) is 4.74 Å². The van der Waals surface area contributed by atoms with Crippen LogP contribution in [0.4, 0.5) is 0 Å². The predicted octanol–water partition coefficient (Wildman–Crippen LogP) is 3.81. The average molecular weight is 279 g/mol. The maximum atomic E-state index is 11.2. The molecule has 0 amide bonds. The molecule has 2 rings (SSSR count). The van der Waals surface area contributed by atoms with Gasteiger partial charge in [0.05, 0.1) is 23.2 Å². The summed E-state index contributed by atoms with van der Waals surface area (Å²) < 4.78 is 5.46. The van der Waals surface area contributed by atoms with Gasteiger partial charge in [0.2, 0.25) is 0 Å². The maximum Gasteiger partial charge on any atom is 0.0861 e. The van der Waals surface area contributed by atoms with Crippen LogP contribution in [-0.4, -0.2) is 23.9 Å². The molecule has 0 spiro atoms. The Morgan fingerprint density at radius 1 is 1.25 bits per heavy atom. The normalized spacial score (nSPS) is 42.1. The average Bonchev–Trinajstić information content (AvgIpc) is 2.48. The highest BCUT2D eigenvalue weighted by Gasteiger charge is 2.53. The van der Waals surface area contributed by atoms with Gasteiger partial charge in [0.15, 0.2) is 0 Å². The van der Waals surface area contributed by atoms with Crippen molar-refractivity contribution >= 4 is 0 Å². The van der Waals surface area contributed by atoms with Gasteiger partial charge in [-0.3, -0.25) is 0 Å². The molecule has 0 bridgehead atoms. The van der Waals surface area contributed by atoms with Crippen LogP contribution in [0.25, 0.3) is 0 Å². The molecule has 2 aliphatic rings. The van der Waals surface area contributed by atoms with Crippen molar-refractivity contribution in [1.82, 2.24) is 0 Å². The van der Waals surface area contributed by atoms with E-state index in [1.54, 1.807) is 7.11 Å². The van der Waals surface area contributed by atoms with Crippen molar-refractivity contribution in [3.05, 3.63) is 0 Å². The lowest BCUT2D eigenvalue weighted by molar-refractivity contribution is -0.133. The fourth-order valence-electron chi connectivity index (χ4n) is 4.39. The number of hydrogen-bond donors (Lipinski definition) is 1. The standard InChI is InChI=1S/C17H29NO2/c1-3-5-14-7-10-16(13-18,11-8-14)17(19)9-4-6-15(12-17)20-2/h14-15,19H,3-12H2,1-2H3. The lowest BCUT2D eigenvalue weighted by atomic mass is 9.57. The molecule has 1 N–H and O–H groups in total. The van der Waals surface area contributed by atoms with Crippen molar-refractivity contribution in [3.8, 4) is 6.07 Å². The topological polar surface area (TPSA) is 53.2 Å². The summed E-state index contributed by atoms with van der Waals surface area (Å²) in [4.78, 5) is 0. The van der Waals surface area contributed by atoms with E-state index in [9.17, 15) is 10.4 Å². The van der Waals surface area contributed by atoms with E-state index < -0.39 is 11.0 Å². The Morgan fingerprint density at radius 2 is 1.95 bits per heavy atom. The number of hydrogen-bond acceptors (Lipinski definition) is 3. The second-order valence-corrected chi connectivity index (χ2v) is 6.91. The van der Waals surface area contributed by atoms with E-state index in [4.69, 9.17) is 4.74 Å². The first-order chi connectivity index (χ1) is 9.59. The third-order valence-corrected chi connectivity index (χ3v) is 5.78. The third kappa shape index (κ3) is 2.87. The van der Waals surface area contributed by atoms with E-state index in [0.29, 0.717) is 6.42 Å². The molecule has 2 fully saturated rings. The van der Waals surface area contributed by atoms with E-state index in [2.05, 4.69) is 13.0 Å². The third-order valence-electron chi connectivity index (χ3n) is 5.78. The van der Waals surface area contributed by atoms with E-state index in [1.165, 1.54) is 12.8 Å². The maximum absolute atomic E-state index is 11.2. The van der Waals surface area contributed by atoms with Crippen LogP contribution in [0.3, 0.4) is 0 Å². The summed E-state index contributed by atoms with van der Waals surface area (Å²) in [7, 11) is 1.72. The van der Waals surface area contributed by atoms with Crippen molar-refractivity contribution in [1.29, 1.82) is 5.26 Å². The largest absolute Gasteiger partial charge is 0.388 e. The van der Waals surface area contributed by atoms with Crippen molar-refractivity contribution in [3.63, 3.8) is 0 Å². The molecule has 2 saturated carbocycles. The molecule has 3 nitrogen and oxygen atoms in total. The molecule has 0 radical (unpaired) electrons. The zero-order valence-corrected chi connectivity index (χ0v) is 13.0. The second-order valence-electron chi connectivity index (χ2n) is 6.91. The molecular weight excluding hydrogens is 250 g/mol. The second kappa shape index (κ2) is 6.45. The van der Waals surface area contributed by atoms with E-state index in [-0.39, 0.29) is 6.10 Å². The summed E-state index contributed by atoms with van der Waals surface area (Å²) in [5, 5.41) is 20.9. The molecule has 2 unspecified atom stereocenters. The molecule has 2 atom stereocenters. The SMILES string of the molecule is CCCC1CCC(C#N)(C2(O)CCCC(OC)C2)CC1. The number of rotatable bonds is 4. The highest BCUT2D eigenvalue weighted by atomic mass is 16.5. The van der Waals surface area contributed by atoms with Gasteiger partial charge in [0.25, 0.3) is 0 Å². The highest BCUT2D eigenvalue weighted by Crippen LogP contribution is 2.52. The minimum absolute atomic E-state index is 0.118. The summed E-state index contributed by atoms with van der Waals surface area (Å²) in [5.74, 6) is 0.756. The van der Waals surface area contributed by atoms with Gasteiger partial charge in [-0.1, -0.05) is 19.8 Å². The zero-order chi connectivity index (χ0) is 14.6. The van der Waals surface area contributed by atoms with Crippen LogP contribution >= 0.6 is 0 Å². The summed E-state index contributed by atoms with van der Waals surface area (Å²) in [6, 6.07) is 2.53. The summed E-state index contributed by atoms with van der Waals surface area (Å²) in [6.07, 6.45) is 9.91. The van der Waals surface area contributed by atoms with E-state index in [1.807, 2.05) is 0 Å². The number of nitrogens with zero attached hydrogens (tertiary/aromatic N) is 1.